The third-order valence-corrected chi connectivity index (χ3v) is 14.6. The van der Waals surface area contributed by atoms with Crippen LogP contribution in [-0.2, 0) is 9.47 Å². The standard InChI is InChI=1S/C16H30O.C15H30N2.C15H31N.C11H21N.C9H18O/c1-15(2,3)11-9-7-8-10-13-17-14-12-16(4,5)6;1-13(2,3)7-16-9-15(10-16)11-17(12-15)8-14(4,5)6;1-14(2,3)10-12-8-13(9-12)16(7)11-15(4,5)6;1-10(2,3)7-12-8-11(9-12)5-4-6-11;1-9(2,3)7-10-8-5-4-6-8/h9-14H2,1-6H3;7-12H2,1-6H3;12-13H,8-11H2,1-7H3;4-9H2,1-3H3;8H,4-7H2,1-3H3. The molecule has 0 atom stereocenters. The number of likely N-dealkylation sites (tertiary alicyclic amines) is 3. The molecule has 2 spiro atoms. The van der Waals surface area contributed by atoms with Gasteiger partial charge in [-0.25, -0.2) is 0 Å². The van der Waals surface area contributed by atoms with Gasteiger partial charge in [0.15, 0.2) is 0 Å². The highest BCUT2D eigenvalue weighted by molar-refractivity contribution is 5.06. The molecule has 6 aliphatic rings. The van der Waals surface area contributed by atoms with Crippen LogP contribution in [0.15, 0.2) is 0 Å². The van der Waals surface area contributed by atoms with Gasteiger partial charge < -0.3 is 29.1 Å². The summed E-state index contributed by atoms with van der Waals surface area (Å²) in [5.41, 5.74) is 4.95. The molecular weight excluding hydrogens is 881 g/mol. The van der Waals surface area contributed by atoms with Gasteiger partial charge in [0.25, 0.3) is 0 Å². The van der Waals surface area contributed by atoms with Gasteiger partial charge in [0.1, 0.15) is 0 Å². The molecule has 3 aliphatic carbocycles. The Morgan fingerprint density at radius 2 is 0.903 bits per heavy atom. The molecule has 3 saturated carbocycles. The van der Waals surface area contributed by atoms with Crippen LogP contribution in [-0.4, -0.2) is 124 Å². The van der Waals surface area contributed by atoms with Gasteiger partial charge in [0.2, 0.25) is 0 Å². The monoisotopic (exact) mass is 1010 g/mol. The van der Waals surface area contributed by atoms with Crippen molar-refractivity contribution in [3.63, 3.8) is 0 Å². The second kappa shape index (κ2) is 27.8. The first-order chi connectivity index (χ1) is 32.4. The van der Waals surface area contributed by atoms with Gasteiger partial charge >= 0.3 is 0 Å². The summed E-state index contributed by atoms with van der Waals surface area (Å²) in [7, 11) is 2.29. The summed E-state index contributed by atoms with van der Waals surface area (Å²) >= 11 is 0. The third kappa shape index (κ3) is 32.1. The van der Waals surface area contributed by atoms with Crippen molar-refractivity contribution in [1.29, 1.82) is 0 Å². The molecule has 0 radical (unpaired) electrons. The molecule has 426 valence electrons. The van der Waals surface area contributed by atoms with Crippen LogP contribution in [0.3, 0.4) is 0 Å². The van der Waals surface area contributed by atoms with E-state index < -0.39 is 0 Å². The Morgan fingerprint density at radius 3 is 1.24 bits per heavy atom. The fourth-order valence-corrected chi connectivity index (χ4v) is 11.3. The minimum absolute atomic E-state index is 0.343. The highest BCUT2D eigenvalue weighted by atomic mass is 16.5. The van der Waals surface area contributed by atoms with Crippen LogP contribution < -0.4 is 0 Å². The predicted octanol–water partition coefficient (Wildman–Crippen LogP) is 16.7. The predicted molar refractivity (Wildman–Crippen MR) is 318 cm³/mol. The lowest BCUT2D eigenvalue weighted by Crippen LogP contribution is -2.73. The molecule has 0 bridgehead atoms. The van der Waals surface area contributed by atoms with Crippen LogP contribution in [0.2, 0.25) is 0 Å². The lowest BCUT2D eigenvalue weighted by Gasteiger charge is -2.62. The maximum absolute atomic E-state index is 5.64. The van der Waals surface area contributed by atoms with Crippen molar-refractivity contribution in [2.24, 2.45) is 60.1 Å². The molecule has 0 N–H and O–H groups in total. The van der Waals surface area contributed by atoms with Crippen molar-refractivity contribution in [1.82, 2.24) is 19.6 Å². The second-order valence-corrected chi connectivity index (χ2v) is 34.7. The highest BCUT2D eigenvalue weighted by Gasteiger charge is 2.52. The van der Waals surface area contributed by atoms with Crippen LogP contribution in [0.4, 0.5) is 0 Å². The van der Waals surface area contributed by atoms with Crippen molar-refractivity contribution < 1.29 is 9.47 Å². The van der Waals surface area contributed by atoms with E-state index in [0.29, 0.717) is 54.8 Å². The van der Waals surface area contributed by atoms with Gasteiger partial charge in [-0.15, -0.1) is 11.8 Å². The Labute approximate surface area is 453 Å². The molecule has 3 saturated heterocycles. The lowest BCUT2D eigenvalue weighted by atomic mass is 9.63. The summed E-state index contributed by atoms with van der Waals surface area (Å²) in [5.74, 6) is 7.38. The molecule has 6 rings (SSSR count). The zero-order valence-electron chi connectivity index (χ0n) is 53.7. The average Bonchev–Trinajstić information content (AvgIpc) is 3.04. The van der Waals surface area contributed by atoms with Crippen LogP contribution >= 0.6 is 0 Å². The van der Waals surface area contributed by atoms with E-state index in [-0.39, 0.29) is 0 Å². The summed E-state index contributed by atoms with van der Waals surface area (Å²) in [6, 6.07) is 0.853. The van der Waals surface area contributed by atoms with E-state index in [2.05, 4.69) is 205 Å². The Kier molecular flexibility index (Phi) is 26.0. The second-order valence-electron chi connectivity index (χ2n) is 34.7. The summed E-state index contributed by atoms with van der Waals surface area (Å²) in [5, 5.41) is 0. The van der Waals surface area contributed by atoms with Crippen LogP contribution in [0.5, 0.6) is 0 Å². The molecule has 3 aliphatic heterocycles. The molecule has 6 nitrogen and oxygen atoms in total. The highest BCUT2D eigenvalue weighted by Crippen LogP contribution is 2.49. The molecule has 3 heterocycles. The zero-order chi connectivity index (χ0) is 55.3. The molecule has 0 unspecified atom stereocenters. The Hall–Kier alpha value is -0.680. The fourth-order valence-electron chi connectivity index (χ4n) is 11.3. The number of hydrogen-bond acceptors (Lipinski definition) is 6. The molecule has 6 fully saturated rings. The van der Waals surface area contributed by atoms with Gasteiger partial charge in [-0.1, -0.05) is 173 Å². The number of hydrogen-bond donors (Lipinski definition) is 0. The number of nitrogens with zero attached hydrogens (tertiary/aromatic N) is 4. The lowest BCUT2D eigenvalue weighted by molar-refractivity contribution is -0.129. The van der Waals surface area contributed by atoms with Gasteiger partial charge in [-0.05, 0) is 126 Å². The van der Waals surface area contributed by atoms with Crippen molar-refractivity contribution in [3.8, 4) is 11.8 Å². The Bertz CT molecular complexity index is 1500. The maximum atomic E-state index is 5.64. The van der Waals surface area contributed by atoms with Crippen LogP contribution in [0.25, 0.3) is 0 Å². The molecule has 72 heavy (non-hydrogen) atoms. The summed E-state index contributed by atoms with van der Waals surface area (Å²) in [6.45, 7) is 70.9. The third-order valence-electron chi connectivity index (χ3n) is 14.6. The average molecular weight is 1010 g/mol. The van der Waals surface area contributed by atoms with Crippen molar-refractivity contribution in [2.75, 3.05) is 92.3 Å². The van der Waals surface area contributed by atoms with Gasteiger partial charge in [0.05, 0.1) is 19.3 Å². The van der Waals surface area contributed by atoms with Gasteiger partial charge in [0, 0.05) is 96.4 Å². The quantitative estimate of drug-likeness (QED) is 0.135. The van der Waals surface area contributed by atoms with E-state index in [1.165, 1.54) is 130 Å². The SMILES string of the molecule is CC(C)(C)CCC#CCCOCCC(C)(C)C.CC(C)(C)CN1CC2(C1)CN(CC(C)(C)C)C2.CC(C)(C)CN1CC2(CCC2)C1.CC(C)(C)COC1CCC1.CN(CC(C)(C)C)C1CC(CC(C)(C)C)C1. The van der Waals surface area contributed by atoms with E-state index in [1.807, 2.05) is 0 Å². The summed E-state index contributed by atoms with van der Waals surface area (Å²) in [6.07, 6.45) is 17.4. The minimum Gasteiger partial charge on any atom is -0.380 e. The van der Waals surface area contributed by atoms with E-state index in [0.717, 1.165) is 56.5 Å². The van der Waals surface area contributed by atoms with Crippen molar-refractivity contribution >= 4 is 0 Å². The summed E-state index contributed by atoms with van der Waals surface area (Å²) < 4.78 is 11.2. The summed E-state index contributed by atoms with van der Waals surface area (Å²) in [4.78, 5) is 10.5. The van der Waals surface area contributed by atoms with Crippen molar-refractivity contribution in [2.45, 2.75) is 262 Å². The molecule has 0 amide bonds. The Morgan fingerprint density at radius 1 is 0.472 bits per heavy atom. The van der Waals surface area contributed by atoms with Gasteiger partial charge in [-0.3, -0.25) is 0 Å². The minimum atomic E-state index is 0.343. The fraction of sp³-hybridized carbons (Fsp3) is 0.970. The van der Waals surface area contributed by atoms with Crippen molar-refractivity contribution in [3.05, 3.63) is 0 Å². The van der Waals surface area contributed by atoms with Gasteiger partial charge in [-0.2, -0.15) is 0 Å². The number of rotatable bonds is 13. The molecule has 6 heteroatoms. The van der Waals surface area contributed by atoms with E-state index in [1.54, 1.807) is 0 Å². The smallest absolute Gasteiger partial charge is 0.0575 e. The normalized spacial score (nSPS) is 22.5. The van der Waals surface area contributed by atoms with Crippen LogP contribution in [0.1, 0.15) is 250 Å². The molecule has 0 aromatic carbocycles. The van der Waals surface area contributed by atoms with E-state index in [9.17, 15) is 0 Å². The van der Waals surface area contributed by atoms with E-state index >= 15 is 0 Å². The molecule has 0 aromatic heterocycles. The largest absolute Gasteiger partial charge is 0.380 e. The first kappa shape index (κ1) is 67.4. The zero-order valence-corrected chi connectivity index (χ0v) is 53.7. The van der Waals surface area contributed by atoms with Crippen LogP contribution in [0, 0.1) is 71.9 Å². The Balaban J connectivity index is 0.000000312. The molecule has 0 aromatic rings. The first-order valence-corrected chi connectivity index (χ1v) is 29.9. The first-order valence-electron chi connectivity index (χ1n) is 29.9. The maximum Gasteiger partial charge on any atom is 0.0575 e. The number of ether oxygens (including phenoxy) is 2. The van der Waals surface area contributed by atoms with E-state index in [4.69, 9.17) is 9.47 Å². The topological polar surface area (TPSA) is 31.4 Å². The molecular formula is C66H130N4O2.